The van der Waals surface area contributed by atoms with E-state index >= 15 is 0 Å². The summed E-state index contributed by atoms with van der Waals surface area (Å²) in [5.41, 5.74) is 7.25. The van der Waals surface area contributed by atoms with Gasteiger partial charge in [0.1, 0.15) is 5.82 Å². The van der Waals surface area contributed by atoms with Crippen molar-refractivity contribution < 1.29 is 13.2 Å². The minimum absolute atomic E-state index is 0.0833. The molecule has 0 aliphatic heterocycles. The Kier molecular flexibility index (Phi) is 4.61. The molecule has 1 aromatic rings. The fourth-order valence-corrected chi connectivity index (χ4v) is 2.00. The Bertz CT molecular complexity index is 398. The zero-order valence-corrected chi connectivity index (χ0v) is 10.9. The number of nitrogens with two attached hydrogens (primary N) is 1. The number of anilines is 1. The summed E-state index contributed by atoms with van der Waals surface area (Å²) in [6, 6.07) is 0. The van der Waals surface area contributed by atoms with Crippen LogP contribution in [0.15, 0.2) is 0 Å². The second kappa shape index (κ2) is 5.60. The number of aromatic nitrogens is 2. The van der Waals surface area contributed by atoms with Crippen LogP contribution in [0.4, 0.5) is 19.0 Å². The molecule has 7 heteroatoms. The van der Waals surface area contributed by atoms with Crippen LogP contribution in [-0.4, -0.2) is 36.1 Å². The van der Waals surface area contributed by atoms with Crippen molar-refractivity contribution in [3.63, 3.8) is 0 Å². The molecule has 0 spiro atoms. The van der Waals surface area contributed by atoms with Gasteiger partial charge in [0, 0.05) is 26.2 Å². The van der Waals surface area contributed by atoms with E-state index in [-0.39, 0.29) is 6.54 Å². The van der Waals surface area contributed by atoms with Crippen LogP contribution in [0.1, 0.15) is 17.7 Å². The Morgan fingerprint density at radius 3 is 2.50 bits per heavy atom. The normalized spacial score (nSPS) is 11.9. The Morgan fingerprint density at radius 2 is 2.00 bits per heavy atom. The Morgan fingerprint density at radius 1 is 1.39 bits per heavy atom. The first kappa shape index (κ1) is 14.8. The van der Waals surface area contributed by atoms with Crippen LogP contribution in [0, 0.1) is 6.92 Å². The summed E-state index contributed by atoms with van der Waals surface area (Å²) in [6.45, 7) is 2.21. The number of aryl methyl sites for hydroxylation is 2. The zero-order valence-electron chi connectivity index (χ0n) is 10.9. The van der Waals surface area contributed by atoms with Crippen LogP contribution in [0.2, 0.25) is 0 Å². The number of nitrogens with zero attached hydrogens (tertiary/aromatic N) is 3. The van der Waals surface area contributed by atoms with Gasteiger partial charge in [-0.25, -0.2) is 0 Å². The van der Waals surface area contributed by atoms with Crippen LogP contribution in [0.3, 0.4) is 0 Å². The predicted octanol–water partition coefficient (Wildman–Crippen LogP) is 1.62. The van der Waals surface area contributed by atoms with Crippen LogP contribution in [-0.2, 0) is 13.5 Å². The third-order valence-electron chi connectivity index (χ3n) is 2.80. The maximum absolute atomic E-state index is 12.2. The minimum atomic E-state index is -4.14. The molecule has 0 radical (unpaired) electrons. The van der Waals surface area contributed by atoms with E-state index in [2.05, 4.69) is 5.10 Å². The predicted molar refractivity (Wildman–Crippen MR) is 64.6 cm³/mol. The van der Waals surface area contributed by atoms with Gasteiger partial charge in [0.25, 0.3) is 0 Å². The molecule has 0 saturated heterocycles. The summed E-state index contributed by atoms with van der Waals surface area (Å²) in [5.74, 6) is 0.710. The van der Waals surface area contributed by atoms with Gasteiger partial charge in [-0.2, -0.15) is 18.3 Å². The summed E-state index contributed by atoms with van der Waals surface area (Å²) in [4.78, 5) is 1.58. The lowest BCUT2D eigenvalue weighted by atomic mass is 10.1. The van der Waals surface area contributed by atoms with Gasteiger partial charge in [-0.15, -0.1) is 0 Å². The molecular formula is C11H19F3N4. The highest BCUT2D eigenvalue weighted by Gasteiger charge is 2.28. The van der Waals surface area contributed by atoms with Crippen molar-refractivity contribution in [3.8, 4) is 0 Å². The van der Waals surface area contributed by atoms with E-state index < -0.39 is 12.6 Å². The lowest BCUT2D eigenvalue weighted by molar-refractivity contribution is -0.132. The number of hydrogen-bond donors (Lipinski definition) is 1. The first-order chi connectivity index (χ1) is 8.26. The Hall–Kier alpha value is -1.24. The molecule has 0 saturated carbocycles. The Balaban J connectivity index is 2.87. The minimum Gasteiger partial charge on any atom is -0.359 e. The van der Waals surface area contributed by atoms with Gasteiger partial charge >= 0.3 is 6.18 Å². The molecule has 4 nitrogen and oxygen atoms in total. The van der Waals surface area contributed by atoms with Gasteiger partial charge in [0.05, 0.1) is 12.1 Å². The Labute approximate surface area is 105 Å². The van der Waals surface area contributed by atoms with E-state index in [0.717, 1.165) is 11.3 Å². The fraction of sp³-hybridized carbons (Fsp3) is 0.727. The van der Waals surface area contributed by atoms with Crippen molar-refractivity contribution in [1.29, 1.82) is 0 Å². The van der Waals surface area contributed by atoms with Crippen molar-refractivity contribution in [2.24, 2.45) is 12.8 Å². The number of halogens is 3. The summed E-state index contributed by atoms with van der Waals surface area (Å²) >= 11 is 0. The van der Waals surface area contributed by atoms with Crippen molar-refractivity contribution in [2.75, 3.05) is 25.0 Å². The molecule has 0 aliphatic carbocycles. The van der Waals surface area contributed by atoms with Gasteiger partial charge < -0.3 is 10.6 Å². The second-order valence-corrected chi connectivity index (χ2v) is 4.34. The fourth-order valence-electron chi connectivity index (χ4n) is 2.00. The SMILES string of the molecule is Cc1nn(C)c(N(C)CCC(F)(F)F)c1CCN. The van der Waals surface area contributed by atoms with E-state index in [1.165, 1.54) is 0 Å². The molecule has 0 aliphatic rings. The lowest BCUT2D eigenvalue weighted by Crippen LogP contribution is -2.26. The summed E-state index contributed by atoms with van der Waals surface area (Å²) in [7, 11) is 3.37. The summed E-state index contributed by atoms with van der Waals surface area (Å²) in [6.07, 6.45) is -4.36. The van der Waals surface area contributed by atoms with Crippen LogP contribution in [0.5, 0.6) is 0 Å². The largest absolute Gasteiger partial charge is 0.390 e. The van der Waals surface area contributed by atoms with Gasteiger partial charge in [0.15, 0.2) is 0 Å². The van der Waals surface area contributed by atoms with Gasteiger partial charge in [-0.3, -0.25) is 4.68 Å². The number of hydrogen-bond acceptors (Lipinski definition) is 3. The molecule has 0 amide bonds. The molecule has 2 N–H and O–H groups in total. The van der Waals surface area contributed by atoms with Gasteiger partial charge in [-0.1, -0.05) is 0 Å². The lowest BCUT2D eigenvalue weighted by Gasteiger charge is -2.21. The molecule has 104 valence electrons. The average molecular weight is 264 g/mol. The standard InChI is InChI=1S/C11H19F3N4/c1-8-9(4-6-15)10(18(3)16-8)17(2)7-5-11(12,13)14/h4-7,15H2,1-3H3. The quantitative estimate of drug-likeness (QED) is 0.879. The number of rotatable bonds is 5. The van der Waals surface area contributed by atoms with Crippen molar-refractivity contribution in [2.45, 2.75) is 25.9 Å². The molecule has 1 rings (SSSR count). The molecule has 1 aromatic heterocycles. The first-order valence-electron chi connectivity index (χ1n) is 5.76. The van der Waals surface area contributed by atoms with E-state index in [0.29, 0.717) is 18.8 Å². The molecule has 0 atom stereocenters. The molecule has 1 heterocycles. The van der Waals surface area contributed by atoms with Crippen molar-refractivity contribution >= 4 is 5.82 Å². The highest BCUT2D eigenvalue weighted by molar-refractivity contribution is 5.49. The monoisotopic (exact) mass is 264 g/mol. The average Bonchev–Trinajstić information content (AvgIpc) is 2.50. The maximum atomic E-state index is 12.2. The number of alkyl halides is 3. The van der Waals surface area contributed by atoms with E-state index in [1.807, 2.05) is 6.92 Å². The van der Waals surface area contributed by atoms with Crippen molar-refractivity contribution in [1.82, 2.24) is 9.78 Å². The first-order valence-corrected chi connectivity index (χ1v) is 5.76. The molecule has 18 heavy (non-hydrogen) atoms. The van der Waals surface area contributed by atoms with Crippen LogP contribution < -0.4 is 10.6 Å². The van der Waals surface area contributed by atoms with Crippen LogP contribution in [0.25, 0.3) is 0 Å². The second-order valence-electron chi connectivity index (χ2n) is 4.34. The van der Waals surface area contributed by atoms with Crippen molar-refractivity contribution in [3.05, 3.63) is 11.3 Å². The molecular weight excluding hydrogens is 245 g/mol. The van der Waals surface area contributed by atoms with Crippen LogP contribution >= 0.6 is 0 Å². The van der Waals surface area contributed by atoms with E-state index in [1.54, 1.807) is 23.7 Å². The highest BCUT2D eigenvalue weighted by atomic mass is 19.4. The molecule has 0 unspecified atom stereocenters. The molecule has 0 fully saturated rings. The van der Waals surface area contributed by atoms with Gasteiger partial charge in [0.2, 0.25) is 0 Å². The molecule has 0 bridgehead atoms. The zero-order chi connectivity index (χ0) is 13.9. The highest BCUT2D eigenvalue weighted by Crippen LogP contribution is 2.25. The summed E-state index contributed by atoms with van der Waals surface area (Å²) in [5, 5.41) is 4.23. The molecule has 0 aromatic carbocycles. The third-order valence-corrected chi connectivity index (χ3v) is 2.80. The van der Waals surface area contributed by atoms with Gasteiger partial charge in [-0.05, 0) is 19.9 Å². The smallest absolute Gasteiger partial charge is 0.359 e. The third kappa shape index (κ3) is 3.63. The topological polar surface area (TPSA) is 47.1 Å². The maximum Gasteiger partial charge on any atom is 0.390 e. The summed E-state index contributed by atoms with van der Waals surface area (Å²) < 4.78 is 38.3. The van der Waals surface area contributed by atoms with E-state index in [9.17, 15) is 13.2 Å². The van der Waals surface area contributed by atoms with E-state index in [4.69, 9.17) is 5.73 Å².